The van der Waals surface area contributed by atoms with E-state index in [0.717, 1.165) is 22.2 Å². The first-order valence-electron chi connectivity index (χ1n) is 8.27. The molecule has 0 amide bonds. The lowest BCUT2D eigenvalue weighted by molar-refractivity contribution is 0.707. The van der Waals surface area contributed by atoms with Crippen molar-refractivity contribution < 1.29 is 0 Å². The van der Waals surface area contributed by atoms with Crippen molar-refractivity contribution in [3.05, 3.63) is 61.9 Å². The summed E-state index contributed by atoms with van der Waals surface area (Å²) >= 11 is 0. The van der Waals surface area contributed by atoms with Crippen LogP contribution in [0.5, 0.6) is 0 Å². The van der Waals surface area contributed by atoms with Crippen molar-refractivity contribution in [1.82, 2.24) is 14.1 Å². The zero-order valence-electron chi connectivity index (χ0n) is 15.2. The highest BCUT2D eigenvalue weighted by Crippen LogP contribution is 2.27. The van der Waals surface area contributed by atoms with Gasteiger partial charge in [-0.25, -0.2) is 9.78 Å². The largest absolute Gasteiger partial charge is 0.354 e. The molecule has 3 rings (SSSR count). The molecule has 0 aliphatic rings. The molecule has 1 aromatic carbocycles. The van der Waals surface area contributed by atoms with Crippen molar-refractivity contribution in [2.24, 2.45) is 14.1 Å². The van der Waals surface area contributed by atoms with Crippen molar-refractivity contribution >= 4 is 22.4 Å². The molecular weight excluding hydrogens is 316 g/mol. The van der Waals surface area contributed by atoms with E-state index in [0.29, 0.717) is 16.7 Å². The number of benzene rings is 1. The summed E-state index contributed by atoms with van der Waals surface area (Å²) in [7, 11) is 3.12. The highest BCUT2D eigenvalue weighted by atomic mass is 16.2. The third kappa shape index (κ3) is 2.73. The number of fused-ring (bicyclic) bond motifs is 1. The number of aromatic nitrogens is 3. The summed E-state index contributed by atoms with van der Waals surface area (Å²) in [5, 5.41) is 3.81. The Balaban J connectivity index is 2.34. The standard InChI is InChI=1S/C19H22N4O2/c1-6-13-10-20-17-15(18(24)23(5)19(25)22(17)4)16(13)21-14-8-7-11(2)12(3)9-14/h7-10H,6H2,1-5H3,(H,20,21). The summed E-state index contributed by atoms with van der Waals surface area (Å²) in [4.78, 5) is 29.3. The van der Waals surface area contributed by atoms with E-state index in [1.54, 1.807) is 13.2 Å². The molecule has 3 aromatic rings. The van der Waals surface area contributed by atoms with Crippen LogP contribution in [0.1, 0.15) is 23.6 Å². The van der Waals surface area contributed by atoms with Gasteiger partial charge < -0.3 is 5.32 Å². The minimum atomic E-state index is -0.383. The van der Waals surface area contributed by atoms with Gasteiger partial charge in [-0.1, -0.05) is 13.0 Å². The fourth-order valence-corrected chi connectivity index (χ4v) is 2.94. The summed E-state index contributed by atoms with van der Waals surface area (Å²) in [6.45, 7) is 6.12. The zero-order chi connectivity index (χ0) is 18.3. The van der Waals surface area contributed by atoms with Crippen LogP contribution in [-0.2, 0) is 20.5 Å². The molecule has 1 N–H and O–H groups in total. The van der Waals surface area contributed by atoms with Crippen molar-refractivity contribution in [3.63, 3.8) is 0 Å². The molecule has 0 atom stereocenters. The summed E-state index contributed by atoms with van der Waals surface area (Å²) in [5.74, 6) is 0. The maximum Gasteiger partial charge on any atom is 0.332 e. The van der Waals surface area contributed by atoms with Gasteiger partial charge in [-0.3, -0.25) is 13.9 Å². The molecule has 6 nitrogen and oxygen atoms in total. The molecule has 6 heteroatoms. The molecule has 0 unspecified atom stereocenters. The first-order chi connectivity index (χ1) is 11.8. The topological polar surface area (TPSA) is 68.9 Å². The quantitative estimate of drug-likeness (QED) is 0.797. The van der Waals surface area contributed by atoms with Crippen LogP contribution in [0.2, 0.25) is 0 Å². The first kappa shape index (κ1) is 17.0. The second-order valence-electron chi connectivity index (χ2n) is 6.34. The van der Waals surface area contributed by atoms with Crippen molar-refractivity contribution in [2.75, 3.05) is 5.32 Å². The fourth-order valence-electron chi connectivity index (χ4n) is 2.94. The van der Waals surface area contributed by atoms with Gasteiger partial charge in [0.1, 0.15) is 5.39 Å². The lowest BCUT2D eigenvalue weighted by atomic mass is 10.1. The molecule has 0 aliphatic carbocycles. The number of pyridine rings is 1. The van der Waals surface area contributed by atoms with Crippen LogP contribution in [0.3, 0.4) is 0 Å². The fraction of sp³-hybridized carbons (Fsp3) is 0.316. The molecule has 0 saturated heterocycles. The van der Waals surface area contributed by atoms with E-state index in [-0.39, 0.29) is 11.2 Å². The van der Waals surface area contributed by atoms with Gasteiger partial charge in [0, 0.05) is 26.0 Å². The third-order valence-corrected chi connectivity index (χ3v) is 4.70. The van der Waals surface area contributed by atoms with Gasteiger partial charge in [-0.2, -0.15) is 0 Å². The molecule has 2 aromatic heterocycles. The Hall–Kier alpha value is -2.89. The Morgan fingerprint density at radius 2 is 1.80 bits per heavy atom. The Morgan fingerprint density at radius 1 is 1.08 bits per heavy atom. The van der Waals surface area contributed by atoms with E-state index in [2.05, 4.69) is 24.1 Å². The van der Waals surface area contributed by atoms with E-state index < -0.39 is 0 Å². The number of aryl methyl sites for hydroxylation is 4. The van der Waals surface area contributed by atoms with Crippen LogP contribution < -0.4 is 16.6 Å². The molecule has 0 bridgehead atoms. The smallest absolute Gasteiger partial charge is 0.332 e. The normalized spacial score (nSPS) is 11.1. The summed E-state index contributed by atoms with van der Waals surface area (Å²) < 4.78 is 2.52. The minimum absolute atomic E-state index is 0.341. The molecule has 0 aliphatic heterocycles. The van der Waals surface area contributed by atoms with E-state index in [1.807, 2.05) is 25.1 Å². The van der Waals surface area contributed by atoms with Crippen LogP contribution in [0.4, 0.5) is 11.4 Å². The van der Waals surface area contributed by atoms with Gasteiger partial charge in [0.2, 0.25) is 0 Å². The van der Waals surface area contributed by atoms with Crippen molar-refractivity contribution in [2.45, 2.75) is 27.2 Å². The van der Waals surface area contributed by atoms with Crippen LogP contribution in [-0.4, -0.2) is 14.1 Å². The van der Waals surface area contributed by atoms with Gasteiger partial charge in [0.25, 0.3) is 5.56 Å². The molecule has 0 spiro atoms. The Morgan fingerprint density at radius 3 is 2.44 bits per heavy atom. The number of nitrogens with one attached hydrogen (secondary N) is 1. The minimum Gasteiger partial charge on any atom is -0.354 e. The highest BCUT2D eigenvalue weighted by molar-refractivity contribution is 5.92. The van der Waals surface area contributed by atoms with Crippen LogP contribution in [0.25, 0.3) is 11.0 Å². The molecule has 130 valence electrons. The van der Waals surface area contributed by atoms with Crippen LogP contribution in [0, 0.1) is 13.8 Å². The molecule has 2 heterocycles. The van der Waals surface area contributed by atoms with Crippen LogP contribution >= 0.6 is 0 Å². The second-order valence-corrected chi connectivity index (χ2v) is 6.34. The van der Waals surface area contributed by atoms with Crippen molar-refractivity contribution in [1.29, 1.82) is 0 Å². The lowest BCUT2D eigenvalue weighted by Crippen LogP contribution is -2.37. The number of hydrogen-bond donors (Lipinski definition) is 1. The summed E-state index contributed by atoms with van der Waals surface area (Å²) in [6, 6.07) is 6.08. The van der Waals surface area contributed by atoms with Gasteiger partial charge in [-0.05, 0) is 49.1 Å². The molecule has 0 radical (unpaired) electrons. The molecule has 0 fully saturated rings. The molecule has 25 heavy (non-hydrogen) atoms. The zero-order valence-corrected chi connectivity index (χ0v) is 15.2. The predicted molar refractivity (Wildman–Crippen MR) is 101 cm³/mol. The highest BCUT2D eigenvalue weighted by Gasteiger charge is 2.17. The Labute approximate surface area is 145 Å². The van der Waals surface area contributed by atoms with E-state index in [4.69, 9.17) is 0 Å². The SMILES string of the molecule is CCc1cnc2c(c1Nc1ccc(C)c(C)c1)c(=O)n(C)c(=O)n2C. The average molecular weight is 338 g/mol. The van der Waals surface area contributed by atoms with Crippen molar-refractivity contribution in [3.8, 4) is 0 Å². The maximum absolute atomic E-state index is 12.8. The number of nitrogens with zero attached hydrogens (tertiary/aromatic N) is 3. The van der Waals surface area contributed by atoms with Gasteiger partial charge >= 0.3 is 5.69 Å². The van der Waals surface area contributed by atoms with Gasteiger partial charge in [-0.15, -0.1) is 0 Å². The second kappa shape index (κ2) is 6.20. The van der Waals surface area contributed by atoms with E-state index in [1.165, 1.54) is 22.7 Å². The van der Waals surface area contributed by atoms with Gasteiger partial charge in [0.15, 0.2) is 5.65 Å². The number of hydrogen-bond acceptors (Lipinski definition) is 4. The van der Waals surface area contributed by atoms with Crippen LogP contribution in [0.15, 0.2) is 34.0 Å². The lowest BCUT2D eigenvalue weighted by Gasteiger charge is -2.16. The number of rotatable bonds is 3. The summed E-state index contributed by atoms with van der Waals surface area (Å²) in [6.07, 6.45) is 2.45. The average Bonchev–Trinajstić information content (AvgIpc) is 2.60. The van der Waals surface area contributed by atoms with Gasteiger partial charge in [0.05, 0.1) is 5.69 Å². The Kier molecular flexibility index (Phi) is 4.20. The monoisotopic (exact) mass is 338 g/mol. The summed E-state index contributed by atoms with van der Waals surface area (Å²) in [5.41, 5.74) is 4.59. The first-order valence-corrected chi connectivity index (χ1v) is 8.27. The predicted octanol–water partition coefficient (Wildman–Crippen LogP) is 2.56. The van der Waals surface area contributed by atoms with E-state index >= 15 is 0 Å². The third-order valence-electron chi connectivity index (χ3n) is 4.70. The molecule has 0 saturated carbocycles. The maximum atomic E-state index is 12.8. The Bertz CT molecular complexity index is 1090. The van der Waals surface area contributed by atoms with E-state index in [9.17, 15) is 9.59 Å². The molecular formula is C19H22N4O2. The number of anilines is 2.